The van der Waals surface area contributed by atoms with Gasteiger partial charge in [0.05, 0.1) is 31.9 Å². The molecule has 1 amide bonds. The van der Waals surface area contributed by atoms with E-state index in [9.17, 15) is 53.5 Å². The first-order valence-corrected chi connectivity index (χ1v) is 20.4. The first kappa shape index (κ1) is 47.2. The topological polar surface area (TPSA) is 332 Å². The van der Waals surface area contributed by atoms with E-state index in [-0.39, 0.29) is 12.8 Å². The monoisotopic (exact) mass is 805 g/mol. The van der Waals surface area contributed by atoms with Gasteiger partial charge in [-0.05, 0) is 12.8 Å². The van der Waals surface area contributed by atoms with Crippen LogP contribution in [0, 0.1) is 0 Å². The standard InChI is InChI=1S/C33H63N3O17S/c1-3-5-6-7-8-9-10-11-12-13-20(40)36-24-27(43)28(52-32-22(34)26(42)25(41)17(14-37)49-32)18(15-38)50-33(24)53-29-19(16-39)48-31(44)23(35)30(29)51-21(4-2)54(45,46)47/h17-19,21-33,37-39,41-44H,3-16,34-35H2,1-2H3,(H,36,40)(H,45,46,47)/t17-,18-,19-,21?,22-,23-,24-,25-,26-,27-,28?,29?,30-,31-,32+,33+/m1/s1. The van der Waals surface area contributed by atoms with Crippen molar-refractivity contribution in [2.24, 2.45) is 11.5 Å². The van der Waals surface area contributed by atoms with Gasteiger partial charge in [-0.2, -0.15) is 8.42 Å². The van der Waals surface area contributed by atoms with Crippen molar-refractivity contribution in [3.8, 4) is 0 Å². The predicted molar refractivity (Wildman–Crippen MR) is 187 cm³/mol. The molecule has 0 aromatic rings. The van der Waals surface area contributed by atoms with Crippen molar-refractivity contribution < 1.29 is 81.9 Å². The largest absolute Gasteiger partial charge is 0.394 e. The van der Waals surface area contributed by atoms with Gasteiger partial charge in [-0.3, -0.25) is 9.35 Å². The number of carbonyl (C=O) groups excluding carboxylic acids is 1. The summed E-state index contributed by atoms with van der Waals surface area (Å²) >= 11 is 0. The van der Waals surface area contributed by atoms with Gasteiger partial charge < -0.3 is 81.0 Å². The smallest absolute Gasteiger partial charge is 0.292 e. The minimum Gasteiger partial charge on any atom is -0.394 e. The van der Waals surface area contributed by atoms with Gasteiger partial charge in [0.15, 0.2) is 24.3 Å². The fourth-order valence-electron chi connectivity index (χ4n) is 6.87. The van der Waals surface area contributed by atoms with E-state index in [4.69, 9.17) is 39.9 Å². The Bertz CT molecular complexity index is 1210. The maximum absolute atomic E-state index is 13.3. The molecule has 3 aliphatic heterocycles. The lowest BCUT2D eigenvalue weighted by molar-refractivity contribution is -0.352. The van der Waals surface area contributed by atoms with Crippen LogP contribution in [0.2, 0.25) is 0 Å². The zero-order valence-corrected chi connectivity index (χ0v) is 31.8. The van der Waals surface area contributed by atoms with E-state index in [1.54, 1.807) is 0 Å². The number of rotatable bonds is 22. The second-order valence-electron chi connectivity index (χ2n) is 14.2. The van der Waals surface area contributed by atoms with E-state index in [1.165, 1.54) is 19.8 Å². The number of unbranched alkanes of at least 4 members (excludes halogenated alkanes) is 8. The summed E-state index contributed by atoms with van der Waals surface area (Å²) in [5.41, 5.74) is 10.4. The third-order valence-electron chi connectivity index (χ3n) is 10.1. The molecule has 3 heterocycles. The molecule has 0 aromatic heterocycles. The molecule has 3 unspecified atom stereocenters. The van der Waals surface area contributed by atoms with Gasteiger partial charge in [0.25, 0.3) is 10.1 Å². The van der Waals surface area contributed by atoms with Crippen LogP contribution >= 0.6 is 0 Å². The summed E-state index contributed by atoms with van der Waals surface area (Å²) in [5.74, 6) is -0.527. The number of amides is 1. The molecule has 0 bridgehead atoms. The SMILES string of the molecule is CCCCCCCCCCCC(=O)N[C@H]1[C@H](OC2[C@@H](CO)O[C@@H](O)[C@H](N)[C@H]2OC(CC)S(=O)(=O)O)O[C@H](CO)C(O[C@@H]2O[C@H](CO)[C@@H](O)[C@H](O)[C@H]2N)[C@@H]1O. The minimum atomic E-state index is -4.81. The Morgan fingerprint density at radius 3 is 1.80 bits per heavy atom. The molecule has 13 N–H and O–H groups in total. The molecule has 16 atom stereocenters. The average molecular weight is 806 g/mol. The van der Waals surface area contributed by atoms with Crippen LogP contribution < -0.4 is 16.8 Å². The highest BCUT2D eigenvalue weighted by Gasteiger charge is 2.54. The first-order valence-electron chi connectivity index (χ1n) is 18.9. The van der Waals surface area contributed by atoms with Gasteiger partial charge >= 0.3 is 0 Å². The Morgan fingerprint density at radius 1 is 0.704 bits per heavy atom. The molecule has 318 valence electrons. The molecule has 0 saturated carbocycles. The Balaban J connectivity index is 1.87. The third kappa shape index (κ3) is 12.6. The number of aliphatic hydroxyl groups is 7. The van der Waals surface area contributed by atoms with Crippen molar-refractivity contribution in [3.05, 3.63) is 0 Å². The highest BCUT2D eigenvalue weighted by molar-refractivity contribution is 7.86. The minimum absolute atomic E-state index is 0.0424. The number of hydrogen-bond acceptors (Lipinski definition) is 18. The Hall–Kier alpha value is -1.22. The number of nitrogens with one attached hydrogen (secondary N) is 1. The van der Waals surface area contributed by atoms with Crippen LogP contribution in [0.25, 0.3) is 0 Å². The normalized spacial score (nSPS) is 38.3. The van der Waals surface area contributed by atoms with Crippen molar-refractivity contribution in [2.75, 3.05) is 19.8 Å². The van der Waals surface area contributed by atoms with E-state index in [0.29, 0.717) is 6.42 Å². The number of aliphatic hydroxyl groups excluding tert-OH is 7. The Kier molecular flexibility index (Phi) is 19.8. The fraction of sp³-hybridized carbons (Fsp3) is 0.970. The van der Waals surface area contributed by atoms with E-state index >= 15 is 0 Å². The van der Waals surface area contributed by atoms with Crippen molar-refractivity contribution in [1.29, 1.82) is 0 Å². The lowest BCUT2D eigenvalue weighted by Gasteiger charge is -2.50. The van der Waals surface area contributed by atoms with Crippen molar-refractivity contribution in [2.45, 2.75) is 182 Å². The lowest BCUT2D eigenvalue weighted by atomic mass is 9.93. The average Bonchev–Trinajstić information content (AvgIpc) is 3.13. The summed E-state index contributed by atoms with van der Waals surface area (Å²) in [6, 6.07) is -4.41. The summed E-state index contributed by atoms with van der Waals surface area (Å²) < 4.78 is 68.6. The zero-order chi connectivity index (χ0) is 40.2. The molecule has 3 saturated heterocycles. The molecular formula is C33H63N3O17S. The second-order valence-corrected chi connectivity index (χ2v) is 15.7. The van der Waals surface area contributed by atoms with E-state index in [2.05, 4.69) is 12.2 Å². The lowest BCUT2D eigenvalue weighted by Crippen LogP contribution is -2.70. The molecule has 0 aromatic carbocycles. The van der Waals surface area contributed by atoms with Crippen molar-refractivity contribution in [3.63, 3.8) is 0 Å². The Labute approximate surface area is 316 Å². The van der Waals surface area contributed by atoms with Crippen LogP contribution in [0.3, 0.4) is 0 Å². The highest BCUT2D eigenvalue weighted by Crippen LogP contribution is 2.33. The van der Waals surface area contributed by atoms with Crippen LogP contribution in [0.5, 0.6) is 0 Å². The third-order valence-corrected chi connectivity index (χ3v) is 11.2. The highest BCUT2D eigenvalue weighted by atomic mass is 32.2. The summed E-state index contributed by atoms with van der Waals surface area (Å²) in [4.78, 5) is 13.3. The first-order chi connectivity index (χ1) is 25.6. The molecule has 20 nitrogen and oxygen atoms in total. The molecule has 3 aliphatic rings. The van der Waals surface area contributed by atoms with E-state index in [0.717, 1.165) is 38.5 Å². The molecule has 54 heavy (non-hydrogen) atoms. The van der Waals surface area contributed by atoms with Crippen LogP contribution in [-0.4, -0.2) is 172 Å². The van der Waals surface area contributed by atoms with Crippen LogP contribution in [0.4, 0.5) is 0 Å². The van der Waals surface area contributed by atoms with Crippen molar-refractivity contribution in [1.82, 2.24) is 5.32 Å². The number of ether oxygens (including phenoxy) is 6. The van der Waals surface area contributed by atoms with Gasteiger partial charge in [0, 0.05) is 6.42 Å². The van der Waals surface area contributed by atoms with Crippen molar-refractivity contribution >= 4 is 16.0 Å². The van der Waals surface area contributed by atoms with Gasteiger partial charge in [-0.1, -0.05) is 65.2 Å². The van der Waals surface area contributed by atoms with E-state index in [1.807, 2.05) is 0 Å². The maximum Gasteiger partial charge on any atom is 0.292 e. The summed E-state index contributed by atoms with van der Waals surface area (Å²) in [6.07, 6.45) is -10.1. The molecule has 21 heteroatoms. The number of carbonyl (C=O) groups is 1. The summed E-state index contributed by atoms with van der Waals surface area (Å²) in [7, 11) is -4.81. The van der Waals surface area contributed by atoms with Crippen LogP contribution in [-0.2, 0) is 43.3 Å². The van der Waals surface area contributed by atoms with Gasteiger partial charge in [0.1, 0.15) is 61.0 Å². The van der Waals surface area contributed by atoms with Gasteiger partial charge in [-0.15, -0.1) is 0 Å². The second kappa shape index (κ2) is 22.6. The van der Waals surface area contributed by atoms with Gasteiger partial charge in [0.2, 0.25) is 5.91 Å². The molecule has 0 spiro atoms. The molecular weight excluding hydrogens is 742 g/mol. The van der Waals surface area contributed by atoms with E-state index < -0.39 is 133 Å². The number of hydrogen-bond donors (Lipinski definition) is 11. The molecule has 3 rings (SSSR count). The molecule has 3 fully saturated rings. The Morgan fingerprint density at radius 2 is 1.24 bits per heavy atom. The van der Waals surface area contributed by atoms with Gasteiger partial charge in [-0.25, -0.2) is 0 Å². The van der Waals surface area contributed by atoms with Crippen LogP contribution in [0.1, 0.15) is 84.5 Å². The molecule has 0 aliphatic carbocycles. The number of nitrogens with two attached hydrogens (primary N) is 2. The summed E-state index contributed by atoms with van der Waals surface area (Å²) in [6.45, 7) is 1.17. The molecule has 0 radical (unpaired) electrons. The maximum atomic E-state index is 13.3. The van der Waals surface area contributed by atoms with Crippen LogP contribution in [0.15, 0.2) is 0 Å². The fourth-order valence-corrected chi connectivity index (χ4v) is 7.56. The quantitative estimate of drug-likeness (QED) is 0.0385. The predicted octanol–water partition coefficient (Wildman–Crippen LogP) is -2.95. The zero-order valence-electron chi connectivity index (χ0n) is 31.0. The summed E-state index contributed by atoms with van der Waals surface area (Å²) in [5, 5.41) is 75.9.